The van der Waals surface area contributed by atoms with Crippen LogP contribution < -0.4 is 16.3 Å². The van der Waals surface area contributed by atoms with E-state index in [1.165, 1.54) is 0 Å². The zero-order valence-corrected chi connectivity index (χ0v) is 5.93. The Balaban J connectivity index is 2.57. The van der Waals surface area contributed by atoms with Gasteiger partial charge in [-0.15, -0.1) is 5.53 Å². The molecule has 0 unspecified atom stereocenters. The summed E-state index contributed by atoms with van der Waals surface area (Å²) in [5.41, 5.74) is 5.92. The van der Waals surface area contributed by atoms with Crippen LogP contribution in [0, 0.1) is 0 Å². The molecule has 5 nitrogen and oxygen atoms in total. The van der Waals surface area contributed by atoms with Gasteiger partial charge >= 0.3 is 0 Å². The third-order valence-corrected chi connectivity index (χ3v) is 1.16. The van der Waals surface area contributed by atoms with Crippen molar-refractivity contribution in [3.8, 4) is 0 Å². The first kappa shape index (κ1) is 6.88. The fourth-order valence-corrected chi connectivity index (χ4v) is 0.657. The third-order valence-electron chi connectivity index (χ3n) is 1.16. The molecule has 0 aliphatic carbocycles. The highest BCUT2D eigenvalue weighted by Crippen LogP contribution is 1.94. The quantitative estimate of drug-likeness (QED) is 0.418. The van der Waals surface area contributed by atoms with Gasteiger partial charge in [0.25, 0.3) is 5.91 Å². The molecule has 0 aromatic heterocycles. The summed E-state index contributed by atoms with van der Waals surface area (Å²) in [5.74, 6) is -0.128. The van der Waals surface area contributed by atoms with Gasteiger partial charge in [-0.3, -0.25) is 15.2 Å². The lowest BCUT2D eigenvalue weighted by molar-refractivity contribution is -0.117. The van der Waals surface area contributed by atoms with Crippen LogP contribution in [-0.4, -0.2) is 25.0 Å². The number of hydrogen-bond donors (Lipinski definition) is 3. The first-order chi connectivity index (χ1) is 4.74. The number of hydrazine groups is 2. The molecular weight excluding hydrogens is 132 g/mol. The number of carbonyl (C=O) groups is 1. The van der Waals surface area contributed by atoms with Crippen LogP contribution in [-0.2, 0) is 4.79 Å². The van der Waals surface area contributed by atoms with Gasteiger partial charge in [0, 0.05) is 20.3 Å². The van der Waals surface area contributed by atoms with E-state index < -0.39 is 0 Å². The summed E-state index contributed by atoms with van der Waals surface area (Å²) >= 11 is 0. The number of amides is 1. The van der Waals surface area contributed by atoms with Gasteiger partial charge in [-0.25, -0.2) is 0 Å². The van der Waals surface area contributed by atoms with E-state index in [9.17, 15) is 4.79 Å². The van der Waals surface area contributed by atoms with Gasteiger partial charge < -0.3 is 5.32 Å². The van der Waals surface area contributed by atoms with E-state index in [4.69, 9.17) is 0 Å². The molecule has 0 saturated carbocycles. The maximum atomic E-state index is 10.9. The zero-order chi connectivity index (χ0) is 7.56. The molecule has 3 N–H and O–H groups in total. The summed E-state index contributed by atoms with van der Waals surface area (Å²) in [7, 11) is 3.38. The van der Waals surface area contributed by atoms with Gasteiger partial charge in [0.1, 0.15) is 5.70 Å². The lowest BCUT2D eigenvalue weighted by atomic mass is 10.4. The summed E-state index contributed by atoms with van der Waals surface area (Å²) in [6.07, 6.45) is 1.67. The Hall–Kier alpha value is -1.23. The maximum Gasteiger partial charge on any atom is 0.270 e. The van der Waals surface area contributed by atoms with Gasteiger partial charge in [0.05, 0.1) is 0 Å². The van der Waals surface area contributed by atoms with E-state index in [0.717, 1.165) is 0 Å². The smallest absolute Gasteiger partial charge is 0.270 e. The van der Waals surface area contributed by atoms with E-state index >= 15 is 0 Å². The number of nitrogens with zero attached hydrogens (tertiary/aromatic N) is 1. The van der Waals surface area contributed by atoms with Crippen molar-refractivity contribution >= 4 is 5.91 Å². The Kier molecular flexibility index (Phi) is 1.77. The number of carbonyl (C=O) groups excluding carboxylic acids is 1. The average Bonchev–Trinajstić information content (AvgIpc) is 2.34. The summed E-state index contributed by atoms with van der Waals surface area (Å²) in [5, 5.41) is 4.15. The summed E-state index contributed by atoms with van der Waals surface area (Å²) < 4.78 is 0. The minimum Gasteiger partial charge on any atom is -0.354 e. The summed E-state index contributed by atoms with van der Waals surface area (Å²) in [6, 6.07) is 0. The molecule has 1 aliphatic heterocycles. The van der Waals surface area contributed by atoms with Crippen LogP contribution >= 0.6 is 0 Å². The first-order valence-corrected chi connectivity index (χ1v) is 2.92. The standard InChI is InChI=1S/C5H10N4O/c1-6-5(10)4-3-9(2)8-7-4/h3,7-8H,1-2H3,(H,6,10). The van der Waals surface area contributed by atoms with Crippen LogP contribution in [0.2, 0.25) is 0 Å². The SMILES string of the molecule is CNC(=O)C1=CN(C)NN1. The Labute approximate surface area is 59.0 Å². The van der Waals surface area contributed by atoms with Crippen LogP contribution in [0.5, 0.6) is 0 Å². The van der Waals surface area contributed by atoms with Crippen LogP contribution in [0.15, 0.2) is 11.9 Å². The van der Waals surface area contributed by atoms with Crippen molar-refractivity contribution in [3.05, 3.63) is 11.9 Å². The van der Waals surface area contributed by atoms with Gasteiger partial charge in [-0.1, -0.05) is 0 Å². The lowest BCUT2D eigenvalue weighted by Crippen LogP contribution is -2.36. The average molecular weight is 142 g/mol. The van der Waals surface area contributed by atoms with Crippen molar-refractivity contribution in [2.45, 2.75) is 0 Å². The summed E-state index contributed by atoms with van der Waals surface area (Å²) in [6.45, 7) is 0. The van der Waals surface area contributed by atoms with Crippen molar-refractivity contribution in [2.24, 2.45) is 0 Å². The predicted octanol–water partition coefficient (Wildman–Crippen LogP) is -1.47. The second kappa shape index (κ2) is 2.57. The van der Waals surface area contributed by atoms with Crippen LogP contribution in [0.3, 0.4) is 0 Å². The van der Waals surface area contributed by atoms with Crippen molar-refractivity contribution in [1.82, 2.24) is 21.3 Å². The Morgan fingerprint density at radius 3 is 2.90 bits per heavy atom. The molecule has 56 valence electrons. The third kappa shape index (κ3) is 1.19. The molecule has 1 aliphatic rings. The maximum absolute atomic E-state index is 10.9. The number of nitrogens with one attached hydrogen (secondary N) is 3. The highest BCUT2D eigenvalue weighted by atomic mass is 16.2. The van der Waals surface area contributed by atoms with Crippen LogP contribution in [0.25, 0.3) is 0 Å². The minimum atomic E-state index is -0.128. The van der Waals surface area contributed by atoms with Gasteiger partial charge in [0.15, 0.2) is 0 Å². The Morgan fingerprint density at radius 2 is 2.50 bits per heavy atom. The molecular formula is C5H10N4O. The van der Waals surface area contributed by atoms with E-state index in [1.54, 1.807) is 25.3 Å². The molecule has 0 aromatic rings. The second-order valence-electron chi connectivity index (χ2n) is 1.97. The number of hydrogen-bond acceptors (Lipinski definition) is 4. The molecule has 0 bridgehead atoms. The molecule has 1 amide bonds. The second-order valence-corrected chi connectivity index (χ2v) is 1.97. The molecule has 1 heterocycles. The first-order valence-electron chi connectivity index (χ1n) is 2.92. The lowest BCUT2D eigenvalue weighted by Gasteiger charge is -2.04. The largest absolute Gasteiger partial charge is 0.354 e. The fraction of sp³-hybridized carbons (Fsp3) is 0.400. The van der Waals surface area contributed by atoms with Crippen LogP contribution in [0.1, 0.15) is 0 Å². The van der Waals surface area contributed by atoms with Crippen molar-refractivity contribution in [1.29, 1.82) is 0 Å². The predicted molar refractivity (Wildman–Crippen MR) is 36.2 cm³/mol. The Morgan fingerprint density at radius 1 is 1.80 bits per heavy atom. The van der Waals surface area contributed by atoms with Crippen molar-refractivity contribution in [3.63, 3.8) is 0 Å². The number of rotatable bonds is 1. The molecule has 0 atom stereocenters. The van der Waals surface area contributed by atoms with E-state index in [-0.39, 0.29) is 5.91 Å². The zero-order valence-electron chi connectivity index (χ0n) is 5.93. The monoisotopic (exact) mass is 142 g/mol. The molecule has 0 spiro atoms. The van der Waals surface area contributed by atoms with Crippen molar-refractivity contribution in [2.75, 3.05) is 14.1 Å². The fourth-order valence-electron chi connectivity index (χ4n) is 0.657. The van der Waals surface area contributed by atoms with Gasteiger partial charge in [-0.2, -0.15) is 0 Å². The topological polar surface area (TPSA) is 56.4 Å². The molecule has 1 rings (SSSR count). The molecule has 0 aromatic carbocycles. The van der Waals surface area contributed by atoms with E-state index in [2.05, 4.69) is 16.3 Å². The highest BCUT2D eigenvalue weighted by Gasteiger charge is 2.12. The Bertz CT molecular complexity index is 176. The normalized spacial score (nSPS) is 16.2. The number of likely N-dealkylation sites (N-methyl/N-ethyl adjacent to an activating group) is 1. The van der Waals surface area contributed by atoms with Crippen LogP contribution in [0.4, 0.5) is 0 Å². The molecule has 0 fully saturated rings. The summed E-state index contributed by atoms with van der Waals surface area (Å²) in [4.78, 5) is 10.9. The van der Waals surface area contributed by atoms with Crippen molar-refractivity contribution < 1.29 is 4.79 Å². The van der Waals surface area contributed by atoms with Gasteiger partial charge in [-0.05, 0) is 0 Å². The van der Waals surface area contributed by atoms with E-state index in [0.29, 0.717) is 5.70 Å². The molecule has 10 heavy (non-hydrogen) atoms. The molecule has 0 radical (unpaired) electrons. The van der Waals surface area contributed by atoms with E-state index in [1.807, 2.05) is 0 Å². The van der Waals surface area contributed by atoms with Gasteiger partial charge in [0.2, 0.25) is 0 Å². The minimum absolute atomic E-state index is 0.128. The molecule has 0 saturated heterocycles. The highest BCUT2D eigenvalue weighted by molar-refractivity contribution is 5.92. The molecule has 5 heteroatoms.